The maximum absolute atomic E-state index is 8.62. The fourth-order valence-electron chi connectivity index (χ4n) is 0. The van der Waals surface area contributed by atoms with Gasteiger partial charge >= 0.3 is 1.43 Å². The first-order chi connectivity index (χ1) is 2.00. The summed E-state index contributed by atoms with van der Waals surface area (Å²) in [6.45, 7) is 0. The summed E-state index contributed by atoms with van der Waals surface area (Å²) in [5, 5.41) is 0. The second-order valence-corrected chi connectivity index (χ2v) is 2.54. The van der Waals surface area contributed by atoms with Gasteiger partial charge in [-0.3, -0.25) is 13.7 Å². The lowest BCUT2D eigenvalue weighted by atomic mass is 16.0. The van der Waals surface area contributed by atoms with Gasteiger partial charge in [-0.2, -0.15) is 0 Å². The van der Waals surface area contributed by atoms with Crippen LogP contribution in [0.5, 0.6) is 0 Å². The van der Waals surface area contributed by atoms with E-state index < -0.39 is 20.1 Å². The second-order valence-electron chi connectivity index (χ2n) is 0.378. The number of hydrogen-bond acceptors (Lipinski definition) is 4. The van der Waals surface area contributed by atoms with Crippen LogP contribution in [0, 0.1) is 0 Å². The fourth-order valence-corrected chi connectivity index (χ4v) is 0. The molecular weight excluding hydrogens is 191 g/mol. The zero-order chi connectivity index (χ0) is 4.50. The Morgan fingerprint density at radius 2 is 1.00 bits per heavy atom. The van der Waals surface area contributed by atoms with E-state index in [1.54, 1.807) is 0 Å². The third-order valence-electron chi connectivity index (χ3n) is 0. The Morgan fingerprint density at radius 1 is 1.00 bits per heavy atom. The van der Waals surface area contributed by atoms with E-state index in [-0.39, 0.29) is 1.43 Å². The van der Waals surface area contributed by atoms with E-state index in [4.69, 9.17) is 13.7 Å². The molecule has 4 nitrogen and oxygen atoms in total. The lowest BCUT2D eigenvalue weighted by Gasteiger charge is -2.08. The summed E-state index contributed by atoms with van der Waals surface area (Å²) in [5.74, 6) is 0. The van der Waals surface area contributed by atoms with E-state index in [0.29, 0.717) is 0 Å². The first-order valence-electron chi connectivity index (χ1n) is 0.617. The summed E-state index contributed by atoms with van der Waals surface area (Å²) in [4.78, 5) is 0. The van der Waals surface area contributed by atoms with Crippen molar-refractivity contribution in [2.45, 2.75) is 0 Å². The molecule has 0 rings (SSSR count). The molecule has 0 atom stereocenters. The minimum Gasteiger partial charge on any atom is -0.286 e. The molecule has 0 aromatic heterocycles. The molecule has 0 bridgehead atoms. The molecule has 0 unspecified atom stereocenters. The first-order valence-corrected chi connectivity index (χ1v) is 4.14. The van der Waals surface area contributed by atoms with Gasteiger partial charge < -0.3 is 0 Å². The first kappa shape index (κ1) is 5.57. The Morgan fingerprint density at radius 3 is 1.00 bits per heavy atom. The maximum atomic E-state index is 8.62. The monoisotopic (exact) mass is 192 g/mol. The average Bonchev–Trinajstić information content (AvgIpc) is 0.722. The molecule has 0 aromatic carbocycles. The minimum absolute atomic E-state index is 0. The van der Waals surface area contributed by atoms with Gasteiger partial charge in [-0.15, -0.1) is 0 Å². The highest BCUT2D eigenvalue weighted by Gasteiger charge is 1.94. The van der Waals surface area contributed by atoms with Crippen molar-refractivity contribution in [2.75, 3.05) is 0 Å². The van der Waals surface area contributed by atoms with E-state index >= 15 is 0 Å². The van der Waals surface area contributed by atoms with Gasteiger partial charge in [0, 0.05) is 0 Å². The molecule has 0 aliphatic carbocycles. The molecular formula is HIO4. The molecule has 0 saturated carbocycles. The molecule has 0 spiro atoms. The van der Waals surface area contributed by atoms with Crippen molar-refractivity contribution in [3.63, 3.8) is 0 Å². The van der Waals surface area contributed by atoms with Gasteiger partial charge in [0.25, 0.3) is 0 Å². The number of rotatable bonds is 0. The summed E-state index contributed by atoms with van der Waals surface area (Å²) in [6.07, 6.45) is 0. The van der Waals surface area contributed by atoms with E-state index in [9.17, 15) is 0 Å². The van der Waals surface area contributed by atoms with Crippen LogP contribution in [0.1, 0.15) is 1.43 Å². The Bertz CT molecular complexity index is 23.0. The van der Waals surface area contributed by atoms with Crippen molar-refractivity contribution in [2.24, 2.45) is 0 Å². The predicted octanol–water partition coefficient (Wildman–Crippen LogP) is -7.64. The van der Waals surface area contributed by atoms with Gasteiger partial charge in [0.15, 0.2) is 0 Å². The second kappa shape index (κ2) is 1.35. The molecule has 0 aromatic rings. The summed E-state index contributed by atoms with van der Waals surface area (Å²) in [7, 11) is 0. The van der Waals surface area contributed by atoms with Gasteiger partial charge in [-0.05, 0) is 0 Å². The average molecular weight is 192 g/mol. The Kier molecular flexibility index (Phi) is 1.50. The Hall–Kier alpha value is 0.570. The van der Waals surface area contributed by atoms with Crippen molar-refractivity contribution >= 4 is 0 Å². The summed E-state index contributed by atoms with van der Waals surface area (Å²) < 4.78 is 34.5. The number of halogens is 1. The maximum Gasteiger partial charge on any atom is 1.00 e. The topological polar surface area (TPSA) is 92.2 Å². The highest BCUT2D eigenvalue weighted by molar-refractivity contribution is 2.00. The third kappa shape index (κ3) is 92.9. The van der Waals surface area contributed by atoms with Crippen molar-refractivity contribution < 1.29 is 35.3 Å². The molecule has 0 aliphatic heterocycles. The van der Waals surface area contributed by atoms with Crippen LogP contribution >= 0.6 is 0 Å². The van der Waals surface area contributed by atoms with Crippen LogP contribution in [0.4, 0.5) is 0 Å². The Balaban J connectivity index is 0. The molecule has 32 valence electrons. The van der Waals surface area contributed by atoms with Crippen LogP contribution in [0.2, 0.25) is 0 Å². The van der Waals surface area contributed by atoms with Gasteiger partial charge in [-0.25, -0.2) is 0 Å². The quantitative estimate of drug-likeness (QED) is 0.356. The molecule has 5 heavy (non-hydrogen) atoms. The highest BCUT2D eigenvalue weighted by Crippen LogP contribution is 0.104. The van der Waals surface area contributed by atoms with Crippen molar-refractivity contribution in [3.8, 4) is 0 Å². The minimum atomic E-state index is -5.94. The van der Waals surface area contributed by atoms with Gasteiger partial charge in [-0.1, -0.05) is 0 Å². The molecule has 0 amide bonds. The molecule has 5 heteroatoms. The summed E-state index contributed by atoms with van der Waals surface area (Å²) >= 11 is -5.94. The van der Waals surface area contributed by atoms with Crippen LogP contribution in [0.25, 0.3) is 0 Å². The van der Waals surface area contributed by atoms with Crippen molar-refractivity contribution in [3.05, 3.63) is 0 Å². The Labute approximate surface area is 35.9 Å². The van der Waals surface area contributed by atoms with Gasteiger partial charge in [0.1, 0.15) is 20.1 Å². The SMILES string of the molecule is [H+].[O-][I+3]([O-])([O-])[O-]. The molecule has 0 aliphatic rings. The molecule has 0 radical (unpaired) electrons. The third-order valence-corrected chi connectivity index (χ3v) is 0. The zero-order valence-electron chi connectivity index (χ0n) is 3.01. The van der Waals surface area contributed by atoms with E-state index in [0.717, 1.165) is 0 Å². The molecule has 0 N–H and O–H groups in total. The lowest BCUT2D eigenvalue weighted by Crippen LogP contribution is -4.29. The van der Waals surface area contributed by atoms with Gasteiger partial charge in [0.05, 0.1) is 0 Å². The van der Waals surface area contributed by atoms with Crippen molar-refractivity contribution in [1.82, 2.24) is 0 Å². The lowest BCUT2D eigenvalue weighted by molar-refractivity contribution is -2.00. The predicted molar refractivity (Wildman–Crippen MR) is 1.11 cm³/mol. The standard InChI is InChI=1S/IO4/c2-1(3,4)5/q-1/p+1. The molecule has 0 fully saturated rings. The van der Waals surface area contributed by atoms with Crippen LogP contribution in [0.3, 0.4) is 0 Å². The summed E-state index contributed by atoms with van der Waals surface area (Å²) in [5.41, 5.74) is 0. The molecule has 0 heterocycles. The molecule has 0 saturated heterocycles. The zero-order valence-corrected chi connectivity index (χ0v) is 4.17. The van der Waals surface area contributed by atoms with Crippen LogP contribution in [0.15, 0.2) is 0 Å². The summed E-state index contributed by atoms with van der Waals surface area (Å²) in [6, 6.07) is 0. The van der Waals surface area contributed by atoms with Crippen LogP contribution in [-0.2, 0) is 0 Å². The van der Waals surface area contributed by atoms with Crippen LogP contribution < -0.4 is 33.8 Å². The van der Waals surface area contributed by atoms with E-state index in [1.165, 1.54) is 0 Å². The number of hydrogen-bond donors (Lipinski definition) is 0. The highest BCUT2D eigenvalue weighted by atomic mass is 127. The van der Waals surface area contributed by atoms with Gasteiger partial charge in [0.2, 0.25) is 0 Å². The van der Waals surface area contributed by atoms with Crippen molar-refractivity contribution in [1.29, 1.82) is 0 Å². The van der Waals surface area contributed by atoms with Crippen LogP contribution in [-0.4, -0.2) is 0 Å². The largest absolute Gasteiger partial charge is 1.00 e. The van der Waals surface area contributed by atoms with E-state index in [1.807, 2.05) is 0 Å². The normalized spacial score (nSPS) is 12.0. The smallest absolute Gasteiger partial charge is 0.286 e. The fraction of sp³-hybridized carbons (Fsp3) is 0. The van der Waals surface area contributed by atoms with E-state index in [2.05, 4.69) is 0 Å².